The molecule has 1 amide bonds. The second-order valence-electron chi connectivity index (χ2n) is 5.00. The van der Waals surface area contributed by atoms with Gasteiger partial charge in [0.1, 0.15) is 11.3 Å². The van der Waals surface area contributed by atoms with Gasteiger partial charge in [0.05, 0.1) is 4.92 Å². The van der Waals surface area contributed by atoms with Crippen LogP contribution in [0.5, 0.6) is 5.75 Å². The molecule has 0 bridgehead atoms. The van der Waals surface area contributed by atoms with Gasteiger partial charge < -0.3 is 14.5 Å². The van der Waals surface area contributed by atoms with Crippen LogP contribution in [0.2, 0.25) is 0 Å². The summed E-state index contributed by atoms with van der Waals surface area (Å²) in [6.45, 7) is 1.53. The fourth-order valence-electron chi connectivity index (χ4n) is 2.13. The summed E-state index contributed by atoms with van der Waals surface area (Å²) in [5.74, 6) is 0.571. The van der Waals surface area contributed by atoms with Crippen molar-refractivity contribution in [3.05, 3.63) is 58.5 Å². The number of fused-ring (bicyclic) bond motifs is 1. The second kappa shape index (κ2) is 6.37. The van der Waals surface area contributed by atoms with E-state index in [9.17, 15) is 14.9 Å². The number of carbonyl (C=O) groups excluding carboxylic acids is 1. The van der Waals surface area contributed by atoms with Gasteiger partial charge >= 0.3 is 0 Å². The molecule has 0 aliphatic heterocycles. The lowest BCUT2D eigenvalue weighted by Gasteiger charge is -2.07. The molecule has 1 aromatic heterocycles. The number of nitrogens with one attached hydrogen (secondary N) is 1. The number of amides is 1. The minimum atomic E-state index is -0.502. The summed E-state index contributed by atoms with van der Waals surface area (Å²) in [6, 6.07) is 10.6. The third kappa shape index (κ3) is 3.49. The number of aromatic nitrogens is 1. The molecule has 0 radical (unpaired) electrons. The molecule has 2 aromatic carbocycles. The van der Waals surface area contributed by atoms with Crippen LogP contribution in [0, 0.1) is 17.0 Å². The first-order valence-corrected chi connectivity index (χ1v) is 7.05. The number of rotatable bonds is 5. The van der Waals surface area contributed by atoms with Crippen molar-refractivity contribution >= 4 is 28.4 Å². The van der Waals surface area contributed by atoms with Crippen LogP contribution < -0.4 is 10.1 Å². The quantitative estimate of drug-likeness (QED) is 0.570. The summed E-state index contributed by atoms with van der Waals surface area (Å²) < 4.78 is 10.7. The van der Waals surface area contributed by atoms with Gasteiger partial charge in [-0.1, -0.05) is 0 Å². The molecule has 3 aromatic rings. The van der Waals surface area contributed by atoms with Crippen LogP contribution in [0.1, 0.15) is 5.89 Å². The molecule has 0 fully saturated rings. The zero-order chi connectivity index (χ0) is 17.1. The van der Waals surface area contributed by atoms with Crippen molar-refractivity contribution in [3.63, 3.8) is 0 Å². The predicted octanol–water partition coefficient (Wildman–Crippen LogP) is 3.06. The first-order valence-electron chi connectivity index (χ1n) is 7.05. The fourth-order valence-corrected chi connectivity index (χ4v) is 2.13. The molecule has 0 unspecified atom stereocenters. The molecule has 0 spiro atoms. The van der Waals surface area contributed by atoms with Crippen LogP contribution in [0.25, 0.3) is 11.1 Å². The third-order valence-corrected chi connectivity index (χ3v) is 3.20. The molecule has 3 rings (SSSR count). The molecule has 8 heteroatoms. The van der Waals surface area contributed by atoms with Gasteiger partial charge in [0, 0.05) is 24.7 Å². The van der Waals surface area contributed by atoms with Gasteiger partial charge in [-0.05, 0) is 30.3 Å². The highest BCUT2D eigenvalue weighted by atomic mass is 16.6. The number of hydrogen-bond acceptors (Lipinski definition) is 6. The Bertz CT molecular complexity index is 902. The van der Waals surface area contributed by atoms with E-state index in [2.05, 4.69) is 10.3 Å². The van der Waals surface area contributed by atoms with Crippen LogP contribution in [-0.4, -0.2) is 22.4 Å². The predicted molar refractivity (Wildman–Crippen MR) is 86.0 cm³/mol. The molecule has 0 atom stereocenters. The SMILES string of the molecule is Cc1nc2cc(NC(=O)COc3ccc([N+](=O)[O-])cc3)ccc2o1. The van der Waals surface area contributed by atoms with Crippen molar-refractivity contribution < 1.29 is 18.9 Å². The van der Waals surface area contributed by atoms with Crippen molar-refractivity contribution in [2.45, 2.75) is 6.92 Å². The van der Waals surface area contributed by atoms with Gasteiger partial charge in [-0.25, -0.2) is 4.98 Å². The molecule has 0 aliphatic rings. The molecular weight excluding hydrogens is 314 g/mol. The van der Waals surface area contributed by atoms with Crippen molar-refractivity contribution in [1.82, 2.24) is 4.98 Å². The Balaban J connectivity index is 1.59. The maximum absolute atomic E-state index is 11.9. The van der Waals surface area contributed by atoms with E-state index >= 15 is 0 Å². The molecule has 24 heavy (non-hydrogen) atoms. The minimum Gasteiger partial charge on any atom is -0.484 e. The van der Waals surface area contributed by atoms with E-state index in [0.717, 1.165) is 0 Å². The van der Waals surface area contributed by atoms with E-state index < -0.39 is 4.92 Å². The largest absolute Gasteiger partial charge is 0.484 e. The number of anilines is 1. The highest BCUT2D eigenvalue weighted by Crippen LogP contribution is 2.20. The Kier molecular flexibility index (Phi) is 4.11. The summed E-state index contributed by atoms with van der Waals surface area (Å²) in [7, 11) is 0. The Morgan fingerprint density at radius 2 is 2.04 bits per heavy atom. The molecule has 8 nitrogen and oxygen atoms in total. The number of hydrogen-bond donors (Lipinski definition) is 1. The lowest BCUT2D eigenvalue weighted by atomic mass is 10.3. The van der Waals surface area contributed by atoms with Crippen LogP contribution >= 0.6 is 0 Å². The zero-order valence-electron chi connectivity index (χ0n) is 12.7. The number of ether oxygens (including phenoxy) is 1. The van der Waals surface area contributed by atoms with Gasteiger partial charge in [0.2, 0.25) is 0 Å². The Morgan fingerprint density at radius 1 is 1.29 bits per heavy atom. The van der Waals surface area contributed by atoms with Crippen LogP contribution in [0.4, 0.5) is 11.4 Å². The summed E-state index contributed by atoms with van der Waals surface area (Å²) in [6.07, 6.45) is 0. The maximum atomic E-state index is 11.9. The number of carbonyl (C=O) groups is 1. The monoisotopic (exact) mass is 327 g/mol. The molecule has 0 aliphatic carbocycles. The first-order chi connectivity index (χ1) is 11.5. The van der Waals surface area contributed by atoms with Crippen LogP contribution in [0.3, 0.4) is 0 Å². The van der Waals surface area contributed by atoms with Gasteiger partial charge in [-0.2, -0.15) is 0 Å². The smallest absolute Gasteiger partial charge is 0.269 e. The highest BCUT2D eigenvalue weighted by Gasteiger charge is 2.08. The number of benzene rings is 2. The lowest BCUT2D eigenvalue weighted by molar-refractivity contribution is -0.384. The first kappa shape index (κ1) is 15.5. The van der Waals surface area contributed by atoms with Gasteiger partial charge in [0.25, 0.3) is 11.6 Å². The number of oxazole rings is 1. The van der Waals surface area contributed by atoms with Crippen molar-refractivity contribution in [2.24, 2.45) is 0 Å². The number of nitrogens with zero attached hydrogens (tertiary/aromatic N) is 2. The van der Waals surface area contributed by atoms with Gasteiger partial charge in [-0.15, -0.1) is 0 Å². The van der Waals surface area contributed by atoms with E-state index in [1.165, 1.54) is 24.3 Å². The summed E-state index contributed by atoms with van der Waals surface area (Å²) >= 11 is 0. The molecule has 1 N–H and O–H groups in total. The average Bonchev–Trinajstić information content (AvgIpc) is 2.92. The zero-order valence-corrected chi connectivity index (χ0v) is 12.7. The Labute approximate surface area is 136 Å². The summed E-state index contributed by atoms with van der Waals surface area (Å²) in [5.41, 5.74) is 1.84. The number of non-ortho nitro benzene ring substituents is 1. The van der Waals surface area contributed by atoms with E-state index in [1.807, 2.05) is 0 Å². The van der Waals surface area contributed by atoms with E-state index in [4.69, 9.17) is 9.15 Å². The molecule has 0 saturated carbocycles. The number of nitro groups is 1. The molecule has 1 heterocycles. The van der Waals surface area contributed by atoms with Crippen LogP contribution in [0.15, 0.2) is 46.9 Å². The van der Waals surface area contributed by atoms with Crippen molar-refractivity contribution in [2.75, 3.05) is 11.9 Å². The topological polar surface area (TPSA) is 108 Å². The highest BCUT2D eigenvalue weighted by molar-refractivity contribution is 5.93. The maximum Gasteiger partial charge on any atom is 0.269 e. The van der Waals surface area contributed by atoms with E-state index in [0.29, 0.717) is 28.4 Å². The summed E-state index contributed by atoms with van der Waals surface area (Å²) in [5, 5.41) is 13.3. The third-order valence-electron chi connectivity index (χ3n) is 3.20. The van der Waals surface area contributed by atoms with Gasteiger partial charge in [0.15, 0.2) is 18.1 Å². The normalized spacial score (nSPS) is 10.5. The van der Waals surface area contributed by atoms with Crippen molar-refractivity contribution in [1.29, 1.82) is 0 Å². The molecule has 122 valence electrons. The van der Waals surface area contributed by atoms with Gasteiger partial charge in [-0.3, -0.25) is 14.9 Å². The van der Waals surface area contributed by atoms with Crippen LogP contribution in [-0.2, 0) is 4.79 Å². The number of nitro benzene ring substituents is 1. The average molecular weight is 327 g/mol. The minimum absolute atomic E-state index is 0.0389. The Morgan fingerprint density at radius 3 is 2.75 bits per heavy atom. The van der Waals surface area contributed by atoms with Crippen molar-refractivity contribution in [3.8, 4) is 5.75 Å². The van der Waals surface area contributed by atoms with E-state index in [1.54, 1.807) is 25.1 Å². The molecule has 0 saturated heterocycles. The number of aryl methyl sites for hydroxylation is 1. The fraction of sp³-hybridized carbons (Fsp3) is 0.125. The van der Waals surface area contributed by atoms with E-state index in [-0.39, 0.29) is 18.2 Å². The standard InChI is InChI=1S/C16H13N3O5/c1-10-17-14-8-11(2-7-15(14)24-10)18-16(20)9-23-13-5-3-12(4-6-13)19(21)22/h2-8H,9H2,1H3,(H,18,20). The summed E-state index contributed by atoms with van der Waals surface area (Å²) in [4.78, 5) is 26.2. The Hall–Kier alpha value is -3.42. The lowest BCUT2D eigenvalue weighted by Crippen LogP contribution is -2.20. The molecular formula is C16H13N3O5. The second-order valence-corrected chi connectivity index (χ2v) is 5.00.